The van der Waals surface area contributed by atoms with E-state index >= 15 is 0 Å². The third kappa shape index (κ3) is 4.89. The van der Waals surface area contributed by atoms with E-state index in [9.17, 15) is 4.79 Å². The van der Waals surface area contributed by atoms with E-state index in [-0.39, 0.29) is 11.7 Å². The Kier molecular flexibility index (Phi) is 6.46. The molecule has 0 aliphatic heterocycles. The first-order valence-corrected chi connectivity index (χ1v) is 11.4. The summed E-state index contributed by atoms with van der Waals surface area (Å²) in [6.07, 6.45) is 0. The molecule has 0 aliphatic carbocycles. The van der Waals surface area contributed by atoms with E-state index < -0.39 is 0 Å². The third-order valence-corrected chi connectivity index (χ3v) is 6.24. The summed E-state index contributed by atoms with van der Waals surface area (Å²) in [6.45, 7) is 0. The highest BCUT2D eigenvalue weighted by atomic mass is 79.9. The SMILES string of the molecule is COc1ccc(-c2csc(NC(=O)CSc3nnc(-c4ccccc4Br)o3)n2)cc1. The summed E-state index contributed by atoms with van der Waals surface area (Å²) >= 11 is 6.00. The molecule has 1 N–H and O–H groups in total. The summed E-state index contributed by atoms with van der Waals surface area (Å²) in [4.78, 5) is 16.7. The maximum Gasteiger partial charge on any atom is 0.277 e. The Hall–Kier alpha value is -2.69. The second kappa shape index (κ2) is 9.41. The first kappa shape index (κ1) is 20.6. The smallest absolute Gasteiger partial charge is 0.277 e. The molecule has 4 rings (SSSR count). The molecule has 4 aromatic rings. The van der Waals surface area contributed by atoms with Crippen LogP contribution in [0.4, 0.5) is 5.13 Å². The molecule has 152 valence electrons. The number of halogens is 1. The van der Waals surface area contributed by atoms with Gasteiger partial charge in [0.2, 0.25) is 11.8 Å². The Morgan fingerprint density at radius 1 is 1.20 bits per heavy atom. The molecule has 0 saturated carbocycles. The first-order chi connectivity index (χ1) is 14.6. The van der Waals surface area contributed by atoms with Crippen LogP contribution >= 0.6 is 39.0 Å². The summed E-state index contributed by atoms with van der Waals surface area (Å²) in [5.74, 6) is 1.11. The predicted molar refractivity (Wildman–Crippen MR) is 121 cm³/mol. The van der Waals surface area contributed by atoms with Crippen molar-refractivity contribution in [2.24, 2.45) is 0 Å². The number of ether oxygens (including phenoxy) is 1. The lowest BCUT2D eigenvalue weighted by molar-refractivity contribution is -0.113. The van der Waals surface area contributed by atoms with Crippen molar-refractivity contribution >= 4 is 50.1 Å². The molecule has 2 aromatic carbocycles. The van der Waals surface area contributed by atoms with Crippen LogP contribution in [0.15, 0.2) is 68.0 Å². The van der Waals surface area contributed by atoms with Crippen molar-refractivity contribution in [2.45, 2.75) is 5.22 Å². The number of carbonyl (C=O) groups is 1. The summed E-state index contributed by atoms with van der Waals surface area (Å²) < 4.78 is 11.7. The normalized spacial score (nSPS) is 10.7. The van der Waals surface area contributed by atoms with E-state index in [1.54, 1.807) is 7.11 Å². The molecule has 2 aromatic heterocycles. The number of hydrogen-bond acceptors (Lipinski definition) is 8. The molecule has 0 radical (unpaired) electrons. The number of nitrogens with one attached hydrogen (secondary N) is 1. The van der Waals surface area contributed by atoms with E-state index in [1.807, 2.05) is 53.9 Å². The van der Waals surface area contributed by atoms with Crippen molar-refractivity contribution < 1.29 is 13.9 Å². The predicted octanol–water partition coefficient (Wildman–Crippen LogP) is 5.36. The van der Waals surface area contributed by atoms with Crippen LogP contribution < -0.4 is 10.1 Å². The molecule has 0 unspecified atom stereocenters. The van der Waals surface area contributed by atoms with E-state index in [0.29, 0.717) is 16.2 Å². The van der Waals surface area contributed by atoms with E-state index in [2.05, 4.69) is 36.4 Å². The van der Waals surface area contributed by atoms with Gasteiger partial charge in [0.05, 0.1) is 24.1 Å². The fraction of sp³-hybridized carbons (Fsp3) is 0.100. The maximum atomic E-state index is 12.3. The van der Waals surface area contributed by atoms with Gasteiger partial charge in [0.25, 0.3) is 5.22 Å². The van der Waals surface area contributed by atoms with Gasteiger partial charge in [-0.2, -0.15) is 0 Å². The number of methoxy groups -OCH3 is 1. The molecule has 0 aliphatic rings. The number of aromatic nitrogens is 3. The number of thiazole rings is 1. The number of thioether (sulfide) groups is 1. The molecule has 7 nitrogen and oxygen atoms in total. The minimum absolute atomic E-state index is 0.134. The summed E-state index contributed by atoms with van der Waals surface area (Å²) in [5.41, 5.74) is 2.54. The Bertz CT molecular complexity index is 1160. The van der Waals surface area contributed by atoms with Crippen molar-refractivity contribution in [1.29, 1.82) is 0 Å². The van der Waals surface area contributed by atoms with Crippen LogP contribution in [-0.2, 0) is 4.79 Å². The maximum absolute atomic E-state index is 12.3. The number of amides is 1. The molecule has 2 heterocycles. The Labute approximate surface area is 189 Å². The largest absolute Gasteiger partial charge is 0.497 e. The van der Waals surface area contributed by atoms with Crippen LogP contribution in [0.25, 0.3) is 22.7 Å². The van der Waals surface area contributed by atoms with Crippen LogP contribution in [0, 0.1) is 0 Å². The fourth-order valence-corrected chi connectivity index (χ4v) is 4.27. The van der Waals surface area contributed by atoms with Gasteiger partial charge in [-0.05, 0) is 52.3 Å². The quantitative estimate of drug-likeness (QED) is 0.340. The van der Waals surface area contributed by atoms with Gasteiger partial charge in [-0.3, -0.25) is 4.79 Å². The molecule has 0 bridgehead atoms. The molecule has 0 spiro atoms. The Morgan fingerprint density at radius 2 is 2.00 bits per heavy atom. The van der Waals surface area contributed by atoms with Crippen molar-refractivity contribution in [3.05, 3.63) is 58.4 Å². The second-order valence-corrected chi connectivity index (χ2v) is 8.60. The van der Waals surface area contributed by atoms with Crippen LogP contribution in [0.3, 0.4) is 0 Å². The van der Waals surface area contributed by atoms with Gasteiger partial charge < -0.3 is 14.5 Å². The highest BCUT2D eigenvalue weighted by molar-refractivity contribution is 9.10. The molecule has 0 saturated heterocycles. The lowest BCUT2D eigenvalue weighted by Crippen LogP contribution is -2.13. The average molecular weight is 503 g/mol. The van der Waals surface area contributed by atoms with E-state index in [4.69, 9.17) is 9.15 Å². The number of rotatable bonds is 7. The van der Waals surface area contributed by atoms with Gasteiger partial charge in [-0.15, -0.1) is 21.5 Å². The van der Waals surface area contributed by atoms with Crippen molar-refractivity contribution in [3.63, 3.8) is 0 Å². The summed E-state index contributed by atoms with van der Waals surface area (Å²) in [7, 11) is 1.62. The Morgan fingerprint density at radius 3 is 2.77 bits per heavy atom. The van der Waals surface area contributed by atoms with Crippen LogP contribution in [-0.4, -0.2) is 34.0 Å². The molecule has 1 amide bonds. The topological polar surface area (TPSA) is 90.1 Å². The molecule has 30 heavy (non-hydrogen) atoms. The monoisotopic (exact) mass is 502 g/mol. The third-order valence-electron chi connectivity index (χ3n) is 3.97. The van der Waals surface area contributed by atoms with E-state index in [1.165, 1.54) is 23.1 Å². The van der Waals surface area contributed by atoms with Gasteiger partial charge in [0.1, 0.15) is 5.75 Å². The molecule has 0 atom stereocenters. The van der Waals surface area contributed by atoms with Gasteiger partial charge in [-0.25, -0.2) is 4.98 Å². The Balaban J connectivity index is 1.33. The zero-order chi connectivity index (χ0) is 20.9. The zero-order valence-corrected chi connectivity index (χ0v) is 18.9. The summed E-state index contributed by atoms with van der Waals surface area (Å²) in [6, 6.07) is 15.2. The van der Waals surface area contributed by atoms with Crippen LogP contribution in [0.2, 0.25) is 0 Å². The number of nitrogens with zero attached hydrogens (tertiary/aromatic N) is 3. The lowest BCUT2D eigenvalue weighted by Gasteiger charge is -2.01. The molecular weight excluding hydrogens is 488 g/mol. The van der Waals surface area contributed by atoms with E-state index in [0.717, 1.165) is 27.0 Å². The van der Waals surface area contributed by atoms with Crippen molar-refractivity contribution in [3.8, 4) is 28.5 Å². The van der Waals surface area contributed by atoms with Crippen LogP contribution in [0.1, 0.15) is 0 Å². The molecule has 10 heteroatoms. The fourth-order valence-electron chi connectivity index (χ4n) is 2.52. The second-order valence-electron chi connectivity index (χ2n) is 5.96. The van der Waals surface area contributed by atoms with Gasteiger partial charge in [0, 0.05) is 15.4 Å². The molecular formula is C20H15BrN4O3S2. The number of anilines is 1. The number of hydrogen-bond donors (Lipinski definition) is 1. The summed E-state index contributed by atoms with van der Waals surface area (Å²) in [5, 5.41) is 13.6. The van der Waals surface area contributed by atoms with Gasteiger partial charge in [0.15, 0.2) is 5.13 Å². The van der Waals surface area contributed by atoms with Crippen LogP contribution in [0.5, 0.6) is 5.75 Å². The van der Waals surface area contributed by atoms with Gasteiger partial charge >= 0.3 is 0 Å². The number of benzene rings is 2. The minimum Gasteiger partial charge on any atom is -0.497 e. The minimum atomic E-state index is -0.198. The zero-order valence-electron chi connectivity index (χ0n) is 15.7. The van der Waals surface area contributed by atoms with Crippen molar-refractivity contribution in [1.82, 2.24) is 15.2 Å². The van der Waals surface area contributed by atoms with Gasteiger partial charge in [-0.1, -0.05) is 23.9 Å². The number of carbonyl (C=O) groups excluding carboxylic acids is 1. The standard InChI is InChI=1S/C20H15BrN4O3S2/c1-27-13-8-6-12(7-9-13)16-10-29-19(22-16)23-17(26)11-30-20-25-24-18(28-20)14-4-2-3-5-15(14)21/h2-10H,11H2,1H3,(H,22,23,26). The van der Waals surface area contributed by atoms with Crippen molar-refractivity contribution in [2.75, 3.05) is 18.2 Å². The average Bonchev–Trinajstić information content (AvgIpc) is 3.42. The highest BCUT2D eigenvalue weighted by Gasteiger charge is 2.14. The first-order valence-electron chi connectivity index (χ1n) is 8.73. The molecule has 0 fully saturated rings. The highest BCUT2D eigenvalue weighted by Crippen LogP contribution is 2.29. The lowest BCUT2D eigenvalue weighted by atomic mass is 10.2.